The molecule has 4 heteroatoms. The molecule has 4 nitrogen and oxygen atoms in total. The van der Waals surface area contributed by atoms with Gasteiger partial charge in [0.1, 0.15) is 0 Å². The number of hydrazone groups is 1. The van der Waals surface area contributed by atoms with Gasteiger partial charge in [0.25, 0.3) is 0 Å². The van der Waals surface area contributed by atoms with Gasteiger partial charge in [-0.15, -0.1) is 4.91 Å². The molecule has 1 rings (SSSR count). The Kier molecular flexibility index (Phi) is 2.95. The molecule has 1 aromatic carbocycles. The van der Waals surface area contributed by atoms with Crippen LogP contribution in [0.5, 0.6) is 0 Å². The maximum atomic E-state index is 9.91. The molecule has 0 amide bonds. The maximum absolute atomic E-state index is 9.91. The van der Waals surface area contributed by atoms with Gasteiger partial charge in [-0.3, -0.25) is 5.43 Å². The van der Waals surface area contributed by atoms with Crippen molar-refractivity contribution in [1.82, 2.24) is 0 Å². The van der Waals surface area contributed by atoms with Gasteiger partial charge in [0.15, 0.2) is 5.84 Å². The van der Waals surface area contributed by atoms with Gasteiger partial charge < -0.3 is 0 Å². The fourth-order valence-electron chi connectivity index (χ4n) is 0.679. The van der Waals surface area contributed by atoms with Gasteiger partial charge in [0, 0.05) is 6.92 Å². The van der Waals surface area contributed by atoms with Gasteiger partial charge in [-0.1, -0.05) is 18.2 Å². The highest BCUT2D eigenvalue weighted by atomic mass is 16.3. The Morgan fingerprint density at radius 1 is 1.33 bits per heavy atom. The van der Waals surface area contributed by atoms with E-state index in [4.69, 9.17) is 0 Å². The van der Waals surface area contributed by atoms with Crippen LogP contribution in [0.1, 0.15) is 6.92 Å². The van der Waals surface area contributed by atoms with Crippen molar-refractivity contribution in [3.63, 3.8) is 0 Å². The zero-order valence-electron chi connectivity index (χ0n) is 6.69. The number of hydrogen-bond acceptors (Lipinski definition) is 3. The van der Waals surface area contributed by atoms with Crippen LogP contribution >= 0.6 is 0 Å². The summed E-state index contributed by atoms with van der Waals surface area (Å²) in [5, 5.41) is 6.34. The van der Waals surface area contributed by atoms with Crippen LogP contribution < -0.4 is 5.43 Å². The summed E-state index contributed by atoms with van der Waals surface area (Å²) < 4.78 is 0. The zero-order valence-corrected chi connectivity index (χ0v) is 6.69. The highest BCUT2D eigenvalue weighted by Gasteiger charge is 1.87. The van der Waals surface area contributed by atoms with E-state index in [-0.39, 0.29) is 5.84 Å². The molecule has 0 aliphatic carbocycles. The summed E-state index contributed by atoms with van der Waals surface area (Å²) in [7, 11) is 0. The first kappa shape index (κ1) is 8.39. The van der Waals surface area contributed by atoms with Gasteiger partial charge in [-0.05, 0) is 17.3 Å². The van der Waals surface area contributed by atoms with Crippen molar-refractivity contribution >= 4 is 11.5 Å². The minimum absolute atomic E-state index is 0.179. The Morgan fingerprint density at radius 2 is 2.00 bits per heavy atom. The lowest BCUT2D eigenvalue weighted by molar-refractivity contribution is 1.30. The molecule has 0 fully saturated rings. The number of rotatable bonds is 2. The highest BCUT2D eigenvalue weighted by molar-refractivity contribution is 5.80. The highest BCUT2D eigenvalue weighted by Crippen LogP contribution is 2.04. The number of para-hydroxylation sites is 1. The number of nitrogens with zero attached hydrogens (tertiary/aromatic N) is 2. The van der Waals surface area contributed by atoms with Crippen LogP contribution in [0.4, 0.5) is 5.69 Å². The average molecular weight is 163 g/mol. The summed E-state index contributed by atoms with van der Waals surface area (Å²) in [6.07, 6.45) is 0. The number of nitrogens with one attached hydrogen (secondary N) is 1. The topological polar surface area (TPSA) is 53.8 Å². The van der Waals surface area contributed by atoms with Crippen molar-refractivity contribution < 1.29 is 0 Å². The second kappa shape index (κ2) is 4.23. The summed E-state index contributed by atoms with van der Waals surface area (Å²) in [6.45, 7) is 1.53. The Bertz CT molecular complexity index is 282. The molecule has 0 heterocycles. The second-order valence-electron chi connectivity index (χ2n) is 2.23. The van der Waals surface area contributed by atoms with Crippen LogP contribution in [-0.2, 0) is 0 Å². The van der Waals surface area contributed by atoms with Crippen LogP contribution in [0.3, 0.4) is 0 Å². The van der Waals surface area contributed by atoms with Gasteiger partial charge in [-0.25, -0.2) is 0 Å². The molecule has 1 N–H and O–H groups in total. The minimum atomic E-state index is 0.179. The minimum Gasteiger partial charge on any atom is -0.277 e. The number of amidine groups is 1. The third-order valence-corrected chi connectivity index (χ3v) is 1.25. The summed E-state index contributed by atoms with van der Waals surface area (Å²) >= 11 is 0. The van der Waals surface area contributed by atoms with E-state index in [9.17, 15) is 4.91 Å². The van der Waals surface area contributed by atoms with Crippen molar-refractivity contribution in [3.05, 3.63) is 35.2 Å². The number of nitroso groups, excluding NO2 is 1. The molecule has 0 saturated heterocycles. The predicted octanol–water partition coefficient (Wildman–Crippen LogP) is 2.20. The third kappa shape index (κ3) is 2.49. The van der Waals surface area contributed by atoms with Gasteiger partial charge in [-0.2, -0.15) is 5.10 Å². The first-order valence-electron chi connectivity index (χ1n) is 3.51. The number of hydrogen-bond donors (Lipinski definition) is 1. The van der Waals surface area contributed by atoms with E-state index in [0.717, 1.165) is 5.69 Å². The summed E-state index contributed by atoms with van der Waals surface area (Å²) in [5.74, 6) is 0.179. The van der Waals surface area contributed by atoms with E-state index in [1.54, 1.807) is 0 Å². The molecule has 0 bridgehead atoms. The van der Waals surface area contributed by atoms with Crippen molar-refractivity contribution in [1.29, 1.82) is 0 Å². The fraction of sp³-hybridized carbons (Fsp3) is 0.125. The maximum Gasteiger partial charge on any atom is 0.189 e. The van der Waals surface area contributed by atoms with Crippen LogP contribution in [0.25, 0.3) is 0 Å². The summed E-state index contributed by atoms with van der Waals surface area (Å²) in [4.78, 5) is 9.91. The molecule has 0 radical (unpaired) electrons. The van der Waals surface area contributed by atoms with E-state index in [1.807, 2.05) is 30.3 Å². The normalized spacial score (nSPS) is 10.9. The molecule has 0 spiro atoms. The largest absolute Gasteiger partial charge is 0.277 e. The molecule has 0 aliphatic rings. The molecule has 62 valence electrons. The molecule has 0 saturated carbocycles. The second-order valence-corrected chi connectivity index (χ2v) is 2.23. The Hall–Kier alpha value is -1.71. The quantitative estimate of drug-likeness (QED) is 0.314. The van der Waals surface area contributed by atoms with Crippen molar-refractivity contribution in [2.24, 2.45) is 10.3 Å². The van der Waals surface area contributed by atoms with Crippen molar-refractivity contribution in [3.8, 4) is 0 Å². The van der Waals surface area contributed by atoms with E-state index in [0.29, 0.717) is 0 Å². The van der Waals surface area contributed by atoms with E-state index >= 15 is 0 Å². The molecular formula is C8H9N3O. The summed E-state index contributed by atoms with van der Waals surface area (Å²) in [6, 6.07) is 9.35. The zero-order chi connectivity index (χ0) is 8.81. The average Bonchev–Trinajstić information content (AvgIpc) is 2.16. The smallest absolute Gasteiger partial charge is 0.189 e. The van der Waals surface area contributed by atoms with Crippen LogP contribution in [0.2, 0.25) is 0 Å². The number of anilines is 1. The molecule has 1 aromatic rings. The Balaban J connectivity index is 2.60. The van der Waals surface area contributed by atoms with E-state index in [2.05, 4.69) is 15.7 Å². The van der Waals surface area contributed by atoms with Crippen LogP contribution in [0, 0.1) is 4.91 Å². The van der Waals surface area contributed by atoms with E-state index in [1.165, 1.54) is 6.92 Å². The van der Waals surface area contributed by atoms with Gasteiger partial charge in [0.2, 0.25) is 0 Å². The van der Waals surface area contributed by atoms with Crippen molar-refractivity contribution in [2.45, 2.75) is 6.92 Å². The standard InChI is InChI=1S/C8H9N3O/c1-7(11-12)9-10-8-5-3-2-4-6-8/h2-6,10H,1H3/b9-7+. The molecule has 12 heavy (non-hydrogen) atoms. The van der Waals surface area contributed by atoms with E-state index < -0.39 is 0 Å². The van der Waals surface area contributed by atoms with Crippen molar-refractivity contribution in [2.75, 3.05) is 5.43 Å². The molecule has 0 aliphatic heterocycles. The lowest BCUT2D eigenvalue weighted by Gasteiger charge is -1.97. The lowest BCUT2D eigenvalue weighted by Crippen LogP contribution is -1.92. The molecule has 0 aromatic heterocycles. The molecule has 0 unspecified atom stereocenters. The number of benzene rings is 1. The monoisotopic (exact) mass is 163 g/mol. The van der Waals surface area contributed by atoms with Crippen LogP contribution in [0.15, 0.2) is 40.6 Å². The molecular weight excluding hydrogens is 154 g/mol. The Labute approximate surface area is 70.3 Å². The third-order valence-electron chi connectivity index (χ3n) is 1.25. The Morgan fingerprint density at radius 3 is 2.58 bits per heavy atom. The lowest BCUT2D eigenvalue weighted by atomic mass is 10.3. The SMILES string of the molecule is C/C(N=O)=N\Nc1ccccc1. The molecule has 0 atom stereocenters. The predicted molar refractivity (Wildman–Crippen MR) is 49.0 cm³/mol. The first-order chi connectivity index (χ1) is 5.83. The first-order valence-corrected chi connectivity index (χ1v) is 3.51. The van der Waals surface area contributed by atoms with Gasteiger partial charge >= 0.3 is 0 Å². The fourth-order valence-corrected chi connectivity index (χ4v) is 0.679. The van der Waals surface area contributed by atoms with Crippen LogP contribution in [-0.4, -0.2) is 5.84 Å². The summed E-state index contributed by atoms with van der Waals surface area (Å²) in [5.41, 5.74) is 3.52. The van der Waals surface area contributed by atoms with Gasteiger partial charge in [0.05, 0.1) is 5.69 Å².